The van der Waals surface area contributed by atoms with E-state index in [0.717, 1.165) is 0 Å². The van der Waals surface area contributed by atoms with Gasteiger partial charge >= 0.3 is 0 Å². The maximum atomic E-state index is 13.7. The maximum absolute atomic E-state index is 13.7. The highest BCUT2D eigenvalue weighted by molar-refractivity contribution is 9.10. The van der Waals surface area contributed by atoms with Crippen LogP contribution < -0.4 is 5.73 Å². The highest BCUT2D eigenvalue weighted by atomic mass is 79.9. The van der Waals surface area contributed by atoms with Crippen molar-refractivity contribution in [2.24, 2.45) is 5.73 Å². The van der Waals surface area contributed by atoms with E-state index in [9.17, 15) is 14.3 Å². The van der Waals surface area contributed by atoms with Crippen LogP contribution >= 0.6 is 15.9 Å². The van der Waals surface area contributed by atoms with Crippen LogP contribution in [0.1, 0.15) is 18.4 Å². The second-order valence-electron chi connectivity index (χ2n) is 4.95. The molecule has 1 amide bonds. The topological polar surface area (TPSA) is 66.6 Å². The van der Waals surface area contributed by atoms with Gasteiger partial charge in [0.2, 0.25) is 0 Å². The monoisotopic (exact) mass is 330 g/mol. The Labute approximate surface area is 119 Å². The summed E-state index contributed by atoms with van der Waals surface area (Å²) >= 11 is 3.20. The first-order chi connectivity index (χ1) is 8.90. The van der Waals surface area contributed by atoms with E-state index < -0.39 is 11.5 Å². The number of likely N-dealkylation sites (tertiary alicyclic amines) is 1. The molecule has 0 bridgehead atoms. The molecular weight excluding hydrogens is 315 g/mol. The molecule has 1 aromatic carbocycles. The molecule has 4 nitrogen and oxygen atoms in total. The lowest BCUT2D eigenvalue weighted by Gasteiger charge is -2.37. The molecule has 1 aliphatic rings. The fourth-order valence-electron chi connectivity index (χ4n) is 2.35. The van der Waals surface area contributed by atoms with Gasteiger partial charge in [-0.05, 0) is 31.5 Å². The molecule has 0 radical (unpaired) electrons. The third kappa shape index (κ3) is 3.32. The average Bonchev–Trinajstić information content (AvgIpc) is 2.33. The lowest BCUT2D eigenvalue weighted by molar-refractivity contribution is -0.142. The molecule has 2 rings (SSSR count). The van der Waals surface area contributed by atoms with Gasteiger partial charge in [-0.3, -0.25) is 9.69 Å². The number of amides is 1. The second-order valence-corrected chi connectivity index (χ2v) is 5.86. The van der Waals surface area contributed by atoms with Gasteiger partial charge in [-0.15, -0.1) is 0 Å². The number of primary amides is 1. The number of halogens is 2. The van der Waals surface area contributed by atoms with Crippen molar-refractivity contribution in [3.05, 3.63) is 34.1 Å². The van der Waals surface area contributed by atoms with Crippen LogP contribution in [0.2, 0.25) is 0 Å². The Morgan fingerprint density at radius 1 is 1.58 bits per heavy atom. The Morgan fingerprint density at radius 2 is 2.32 bits per heavy atom. The highest BCUT2D eigenvalue weighted by Gasteiger charge is 2.38. The van der Waals surface area contributed by atoms with E-state index in [-0.39, 0.29) is 12.4 Å². The number of nitrogens with two attached hydrogens (primary N) is 1. The lowest BCUT2D eigenvalue weighted by atomic mass is 9.92. The number of hydrogen-bond acceptors (Lipinski definition) is 3. The predicted molar refractivity (Wildman–Crippen MR) is 72.8 cm³/mol. The van der Waals surface area contributed by atoms with Gasteiger partial charge in [-0.1, -0.05) is 22.0 Å². The van der Waals surface area contributed by atoms with Crippen molar-refractivity contribution in [2.45, 2.75) is 25.0 Å². The third-order valence-electron chi connectivity index (χ3n) is 3.42. The Balaban J connectivity index is 2.09. The molecule has 1 aromatic rings. The minimum Gasteiger partial charge on any atom is -0.379 e. The molecule has 1 aliphatic heterocycles. The minimum atomic E-state index is -1.50. The Bertz CT molecular complexity index is 498. The fraction of sp³-hybridized carbons (Fsp3) is 0.462. The smallest absolute Gasteiger partial charge is 0.250 e. The summed E-state index contributed by atoms with van der Waals surface area (Å²) < 4.78 is 14.4. The summed E-state index contributed by atoms with van der Waals surface area (Å²) in [6, 6.07) is 4.86. The molecule has 1 heterocycles. The standard InChI is InChI=1S/C13H16BrFN2O2/c14-10-3-2-9(11(15)6-10)7-17-5-1-4-13(19,8-17)12(16)18/h2-3,6,19H,1,4-5,7-8H2,(H2,16,18)/t13-/m0/s1. The van der Waals surface area contributed by atoms with E-state index >= 15 is 0 Å². The number of carbonyl (C=O) groups is 1. The second kappa shape index (κ2) is 5.56. The lowest BCUT2D eigenvalue weighted by Crippen LogP contribution is -2.55. The van der Waals surface area contributed by atoms with Crippen molar-refractivity contribution in [3.8, 4) is 0 Å². The Hall–Kier alpha value is -0.980. The largest absolute Gasteiger partial charge is 0.379 e. The van der Waals surface area contributed by atoms with Crippen LogP contribution in [0.4, 0.5) is 4.39 Å². The molecule has 0 aromatic heterocycles. The molecule has 6 heteroatoms. The normalized spacial score (nSPS) is 24.4. The number of benzene rings is 1. The zero-order valence-corrected chi connectivity index (χ0v) is 12.0. The van der Waals surface area contributed by atoms with Crippen LogP contribution in [0.3, 0.4) is 0 Å². The van der Waals surface area contributed by atoms with Gasteiger partial charge in [-0.2, -0.15) is 0 Å². The van der Waals surface area contributed by atoms with Gasteiger partial charge in [-0.25, -0.2) is 4.39 Å². The van der Waals surface area contributed by atoms with Crippen LogP contribution in [-0.4, -0.2) is 34.6 Å². The van der Waals surface area contributed by atoms with E-state index in [4.69, 9.17) is 5.73 Å². The van der Waals surface area contributed by atoms with Crippen molar-refractivity contribution in [1.29, 1.82) is 0 Å². The number of aliphatic hydroxyl groups is 1. The van der Waals surface area contributed by atoms with Gasteiger partial charge < -0.3 is 10.8 Å². The van der Waals surface area contributed by atoms with E-state index in [0.29, 0.717) is 36.0 Å². The van der Waals surface area contributed by atoms with E-state index in [2.05, 4.69) is 15.9 Å². The molecule has 19 heavy (non-hydrogen) atoms. The van der Waals surface area contributed by atoms with Crippen molar-refractivity contribution < 1.29 is 14.3 Å². The van der Waals surface area contributed by atoms with Crippen molar-refractivity contribution in [2.75, 3.05) is 13.1 Å². The van der Waals surface area contributed by atoms with Gasteiger partial charge in [0.25, 0.3) is 5.91 Å². The first-order valence-corrected chi connectivity index (χ1v) is 6.88. The van der Waals surface area contributed by atoms with E-state index in [1.807, 2.05) is 4.90 Å². The number of hydrogen-bond donors (Lipinski definition) is 2. The molecule has 0 aliphatic carbocycles. The summed E-state index contributed by atoms with van der Waals surface area (Å²) in [5.74, 6) is -1.02. The van der Waals surface area contributed by atoms with Gasteiger partial charge in [0.05, 0.1) is 0 Å². The molecule has 1 fully saturated rings. The summed E-state index contributed by atoms with van der Waals surface area (Å²) in [7, 11) is 0. The number of rotatable bonds is 3. The first kappa shape index (κ1) is 14.4. The number of nitrogens with zero attached hydrogens (tertiary/aromatic N) is 1. The van der Waals surface area contributed by atoms with E-state index in [1.165, 1.54) is 6.07 Å². The highest BCUT2D eigenvalue weighted by Crippen LogP contribution is 2.23. The van der Waals surface area contributed by atoms with Crippen LogP contribution in [0, 0.1) is 5.82 Å². The summed E-state index contributed by atoms with van der Waals surface area (Å²) in [4.78, 5) is 13.1. The third-order valence-corrected chi connectivity index (χ3v) is 3.91. The predicted octanol–water partition coefficient (Wildman–Crippen LogP) is 1.40. The summed E-state index contributed by atoms with van der Waals surface area (Å²) in [6.07, 6.45) is 1.03. The molecule has 104 valence electrons. The summed E-state index contributed by atoms with van der Waals surface area (Å²) in [5, 5.41) is 10.1. The minimum absolute atomic E-state index is 0.151. The van der Waals surface area contributed by atoms with Crippen LogP contribution in [0.25, 0.3) is 0 Å². The molecule has 0 saturated carbocycles. The van der Waals surface area contributed by atoms with Crippen LogP contribution in [-0.2, 0) is 11.3 Å². The SMILES string of the molecule is NC(=O)[C@]1(O)CCCN(Cc2ccc(Br)cc2F)C1. The maximum Gasteiger partial charge on any atom is 0.250 e. The van der Waals surface area contributed by atoms with E-state index in [1.54, 1.807) is 12.1 Å². The molecule has 0 unspecified atom stereocenters. The van der Waals surface area contributed by atoms with Crippen LogP contribution in [0.15, 0.2) is 22.7 Å². The number of β-amino-alcohol motifs (C(OH)–C–C–N with tert-alkyl or cyclic N) is 1. The van der Waals surface area contributed by atoms with Crippen molar-refractivity contribution in [3.63, 3.8) is 0 Å². The fourth-order valence-corrected chi connectivity index (χ4v) is 2.68. The van der Waals surface area contributed by atoms with Crippen molar-refractivity contribution >= 4 is 21.8 Å². The quantitative estimate of drug-likeness (QED) is 0.880. The van der Waals surface area contributed by atoms with Gasteiger partial charge in [0.1, 0.15) is 5.82 Å². The molecular formula is C13H16BrFN2O2. The van der Waals surface area contributed by atoms with Crippen LogP contribution in [0.5, 0.6) is 0 Å². The molecule has 1 atom stereocenters. The zero-order chi connectivity index (χ0) is 14.0. The summed E-state index contributed by atoms with van der Waals surface area (Å²) in [6.45, 7) is 1.22. The summed E-state index contributed by atoms with van der Waals surface area (Å²) in [5.41, 5.74) is 4.25. The molecule has 0 spiro atoms. The number of piperidine rings is 1. The first-order valence-electron chi connectivity index (χ1n) is 6.09. The Morgan fingerprint density at radius 3 is 2.95 bits per heavy atom. The van der Waals surface area contributed by atoms with Crippen molar-refractivity contribution in [1.82, 2.24) is 4.90 Å². The van der Waals surface area contributed by atoms with Gasteiger partial charge in [0, 0.05) is 23.1 Å². The Kier molecular flexibility index (Phi) is 4.23. The zero-order valence-electron chi connectivity index (χ0n) is 10.4. The average molecular weight is 331 g/mol. The molecule has 1 saturated heterocycles. The molecule has 3 N–H and O–H groups in total. The van der Waals surface area contributed by atoms with Gasteiger partial charge in [0.15, 0.2) is 5.60 Å². The number of carbonyl (C=O) groups excluding carboxylic acids is 1.